The van der Waals surface area contributed by atoms with Crippen LogP contribution in [0.4, 0.5) is 0 Å². The van der Waals surface area contributed by atoms with E-state index in [1.54, 1.807) is 14.0 Å². The molecule has 1 saturated carbocycles. The smallest absolute Gasteiger partial charge is 0.166 e. The Morgan fingerprint density at radius 3 is 2.76 bits per heavy atom. The third-order valence-electron chi connectivity index (χ3n) is 9.22. The highest BCUT2D eigenvalue weighted by atomic mass is 16.6. The van der Waals surface area contributed by atoms with Gasteiger partial charge in [-0.05, 0) is 62.9 Å². The molecule has 6 atom stereocenters. The Labute approximate surface area is 201 Å². The topological polar surface area (TPSA) is 48.0 Å². The summed E-state index contributed by atoms with van der Waals surface area (Å²) in [7, 11) is 3.92. The van der Waals surface area contributed by atoms with Crippen LogP contribution in [-0.2, 0) is 28.0 Å². The molecule has 2 bridgehead atoms. The number of likely N-dealkylation sites (N-methyl/N-ethyl adjacent to an activating group) is 1. The Bertz CT molecular complexity index is 1150. The number of nitrogens with zero attached hydrogens (tertiary/aromatic N) is 1. The highest BCUT2D eigenvalue weighted by Gasteiger charge is 2.72. The van der Waals surface area contributed by atoms with Gasteiger partial charge in [0.1, 0.15) is 24.1 Å². The van der Waals surface area contributed by atoms with E-state index in [2.05, 4.69) is 42.8 Å². The number of piperidine rings is 1. The molecule has 0 N–H and O–H groups in total. The van der Waals surface area contributed by atoms with E-state index < -0.39 is 5.60 Å². The maximum atomic E-state index is 13.0. The summed E-state index contributed by atoms with van der Waals surface area (Å²) in [6, 6.07) is 14.9. The van der Waals surface area contributed by atoms with E-state index >= 15 is 0 Å². The van der Waals surface area contributed by atoms with Gasteiger partial charge in [0.2, 0.25) is 0 Å². The van der Waals surface area contributed by atoms with Crippen LogP contribution in [0.1, 0.15) is 36.5 Å². The minimum atomic E-state index is -0.868. The molecular weight excluding hydrogens is 426 g/mol. The van der Waals surface area contributed by atoms with Gasteiger partial charge in [0, 0.05) is 24.1 Å². The molecule has 4 aliphatic rings. The van der Waals surface area contributed by atoms with E-state index in [1.807, 2.05) is 24.3 Å². The lowest BCUT2D eigenvalue weighted by molar-refractivity contribution is -0.182. The van der Waals surface area contributed by atoms with Crippen LogP contribution in [-0.4, -0.2) is 49.1 Å². The summed E-state index contributed by atoms with van der Waals surface area (Å²) in [5, 5.41) is 0. The number of ketones is 1. The molecule has 1 spiro atoms. The van der Waals surface area contributed by atoms with Gasteiger partial charge in [-0.2, -0.15) is 0 Å². The van der Waals surface area contributed by atoms with Gasteiger partial charge in [-0.1, -0.05) is 42.5 Å². The second-order valence-corrected chi connectivity index (χ2v) is 10.5. The van der Waals surface area contributed by atoms with Crippen molar-refractivity contribution >= 4 is 5.78 Å². The standard InChI is InChI=1S/C29H33NO4/c1-5-29(32-4)21(18(2)31)16-22-23-15-20-11-12-24(33-17-19-9-7-6-8-10-19)26-25(20)28(22,27(29)34-26)13-14-30(23)3/h5-12,21-23,27H,1,13-17H2,2-4H3. The lowest BCUT2D eigenvalue weighted by Crippen LogP contribution is -2.72. The van der Waals surface area contributed by atoms with Crippen LogP contribution in [0, 0.1) is 11.8 Å². The number of methoxy groups -OCH3 is 1. The zero-order valence-corrected chi connectivity index (χ0v) is 20.3. The van der Waals surface area contributed by atoms with Crippen molar-refractivity contribution in [3.63, 3.8) is 0 Å². The summed E-state index contributed by atoms with van der Waals surface area (Å²) in [6.45, 7) is 7.33. The molecule has 178 valence electrons. The van der Waals surface area contributed by atoms with Crippen molar-refractivity contribution in [3.05, 3.63) is 71.8 Å². The first-order valence-corrected chi connectivity index (χ1v) is 12.4. The van der Waals surface area contributed by atoms with Gasteiger partial charge in [0.25, 0.3) is 0 Å². The normalized spacial score (nSPS) is 35.3. The number of Topliss-reactive ketones (excluding diaryl/α,β-unsaturated/α-hetero) is 1. The number of carbonyl (C=O) groups is 1. The van der Waals surface area contributed by atoms with Gasteiger partial charge in [0.15, 0.2) is 11.5 Å². The minimum Gasteiger partial charge on any atom is -0.485 e. The summed E-state index contributed by atoms with van der Waals surface area (Å²) in [5.41, 5.74) is 2.68. The SMILES string of the molecule is C=CC1(OC)C(C(C)=O)CC2C3Cc4ccc(OCc5ccccc5)c5c4C2(CCN3C)C1O5. The van der Waals surface area contributed by atoms with Crippen LogP contribution in [0.2, 0.25) is 0 Å². The van der Waals surface area contributed by atoms with Gasteiger partial charge in [-0.25, -0.2) is 0 Å². The Morgan fingerprint density at radius 2 is 2.06 bits per heavy atom. The monoisotopic (exact) mass is 459 g/mol. The first kappa shape index (κ1) is 21.9. The number of hydrogen-bond acceptors (Lipinski definition) is 5. The van der Waals surface area contributed by atoms with E-state index in [1.165, 1.54) is 11.1 Å². The van der Waals surface area contributed by atoms with E-state index in [0.29, 0.717) is 18.6 Å². The van der Waals surface area contributed by atoms with Crippen molar-refractivity contribution < 1.29 is 19.0 Å². The Hall–Kier alpha value is -2.63. The molecule has 6 rings (SSSR count). The van der Waals surface area contributed by atoms with Crippen molar-refractivity contribution in [1.29, 1.82) is 0 Å². The molecule has 2 aliphatic carbocycles. The molecule has 1 saturated heterocycles. The molecule has 2 aromatic carbocycles. The third kappa shape index (κ3) is 2.71. The first-order valence-electron chi connectivity index (χ1n) is 12.4. The van der Waals surface area contributed by atoms with Gasteiger partial charge in [-0.3, -0.25) is 4.79 Å². The molecule has 5 heteroatoms. The van der Waals surface area contributed by atoms with Gasteiger partial charge >= 0.3 is 0 Å². The number of carbonyl (C=O) groups excluding carboxylic acids is 1. The van der Waals surface area contributed by atoms with E-state index in [0.717, 1.165) is 42.9 Å². The number of rotatable bonds is 6. The van der Waals surface area contributed by atoms with Gasteiger partial charge in [0.05, 0.1) is 5.92 Å². The molecule has 2 fully saturated rings. The van der Waals surface area contributed by atoms with Gasteiger partial charge < -0.3 is 19.1 Å². The fourth-order valence-corrected chi connectivity index (χ4v) is 7.68. The molecule has 0 amide bonds. The van der Waals surface area contributed by atoms with Crippen LogP contribution in [0.3, 0.4) is 0 Å². The Kier molecular flexibility index (Phi) is 4.95. The quantitative estimate of drug-likeness (QED) is 0.602. The van der Waals surface area contributed by atoms with E-state index in [4.69, 9.17) is 14.2 Å². The maximum Gasteiger partial charge on any atom is 0.166 e. The van der Waals surface area contributed by atoms with Crippen molar-refractivity contribution in [3.8, 4) is 11.5 Å². The second kappa shape index (κ2) is 7.69. The summed E-state index contributed by atoms with van der Waals surface area (Å²) in [5.74, 6) is 1.81. The van der Waals surface area contributed by atoms with Crippen LogP contribution in [0.15, 0.2) is 55.1 Å². The third-order valence-corrected chi connectivity index (χ3v) is 9.22. The fraction of sp³-hybridized carbons (Fsp3) is 0.483. The molecule has 2 aliphatic heterocycles. The number of likely N-dealkylation sites (tertiary alicyclic amines) is 1. The molecule has 2 heterocycles. The number of benzene rings is 2. The Morgan fingerprint density at radius 1 is 1.26 bits per heavy atom. The molecule has 2 aromatic rings. The summed E-state index contributed by atoms with van der Waals surface area (Å²) >= 11 is 0. The Balaban J connectivity index is 1.51. The van der Waals surface area contributed by atoms with Crippen molar-refractivity contribution in [2.45, 2.75) is 56.0 Å². The number of hydrogen-bond donors (Lipinski definition) is 0. The maximum absolute atomic E-state index is 13.0. The highest BCUT2D eigenvalue weighted by molar-refractivity contribution is 5.81. The lowest BCUT2D eigenvalue weighted by Gasteiger charge is -2.62. The molecule has 5 nitrogen and oxygen atoms in total. The largest absolute Gasteiger partial charge is 0.485 e. The fourth-order valence-electron chi connectivity index (χ4n) is 7.68. The number of ether oxygens (including phenoxy) is 3. The van der Waals surface area contributed by atoms with E-state index in [9.17, 15) is 4.79 Å². The van der Waals surface area contributed by atoms with Crippen molar-refractivity contribution in [1.82, 2.24) is 4.90 Å². The lowest BCUT2D eigenvalue weighted by atomic mass is 9.46. The summed E-state index contributed by atoms with van der Waals surface area (Å²) in [4.78, 5) is 15.5. The molecular formula is C29H33NO4. The van der Waals surface area contributed by atoms with Crippen LogP contribution in [0.5, 0.6) is 11.5 Å². The van der Waals surface area contributed by atoms with Gasteiger partial charge in [-0.15, -0.1) is 6.58 Å². The average molecular weight is 460 g/mol. The van der Waals surface area contributed by atoms with Crippen LogP contribution >= 0.6 is 0 Å². The molecule has 0 aromatic heterocycles. The highest BCUT2D eigenvalue weighted by Crippen LogP contribution is 2.67. The predicted octanol–water partition coefficient (Wildman–Crippen LogP) is 4.32. The minimum absolute atomic E-state index is 0.142. The van der Waals surface area contributed by atoms with Crippen LogP contribution in [0.25, 0.3) is 0 Å². The molecule has 6 unspecified atom stereocenters. The average Bonchev–Trinajstić information content (AvgIpc) is 3.21. The van der Waals surface area contributed by atoms with Crippen molar-refractivity contribution in [2.75, 3.05) is 20.7 Å². The second-order valence-electron chi connectivity index (χ2n) is 10.5. The summed E-state index contributed by atoms with van der Waals surface area (Å²) < 4.78 is 19.5. The zero-order chi connectivity index (χ0) is 23.7. The van der Waals surface area contributed by atoms with Crippen molar-refractivity contribution in [2.24, 2.45) is 11.8 Å². The summed E-state index contributed by atoms with van der Waals surface area (Å²) in [6.07, 6.45) is 4.27. The predicted molar refractivity (Wildman–Crippen MR) is 130 cm³/mol. The molecule has 34 heavy (non-hydrogen) atoms. The van der Waals surface area contributed by atoms with E-state index in [-0.39, 0.29) is 23.2 Å². The molecule has 0 radical (unpaired) electrons. The zero-order valence-electron chi connectivity index (χ0n) is 20.3. The first-order chi connectivity index (χ1) is 16.5. The van der Waals surface area contributed by atoms with Crippen LogP contribution < -0.4 is 9.47 Å².